The van der Waals surface area contributed by atoms with E-state index in [-0.39, 0.29) is 5.91 Å². The molecule has 1 fully saturated rings. The molecule has 1 aliphatic heterocycles. The second-order valence-electron chi connectivity index (χ2n) is 6.60. The van der Waals surface area contributed by atoms with Crippen molar-refractivity contribution in [2.75, 3.05) is 37.4 Å². The minimum atomic E-state index is -0.307. The molecule has 7 heteroatoms. The van der Waals surface area contributed by atoms with Crippen molar-refractivity contribution in [3.8, 4) is 0 Å². The van der Waals surface area contributed by atoms with Gasteiger partial charge in [-0.3, -0.25) is 4.79 Å². The van der Waals surface area contributed by atoms with Crippen LogP contribution in [0.2, 0.25) is 10.0 Å². The summed E-state index contributed by atoms with van der Waals surface area (Å²) in [5, 5.41) is 3.62. The van der Waals surface area contributed by atoms with E-state index in [0.29, 0.717) is 27.5 Å². The molecule has 0 unspecified atom stereocenters. The van der Waals surface area contributed by atoms with Crippen LogP contribution in [0.1, 0.15) is 23.2 Å². The zero-order valence-electron chi connectivity index (χ0n) is 14.9. The van der Waals surface area contributed by atoms with Crippen LogP contribution < -0.4 is 10.2 Å². The SMILES string of the molecule is CN1CCC(N(C)c2cccc(NC(=O)c3ccc(Cl)cc3Cl)n2)CC1. The van der Waals surface area contributed by atoms with Gasteiger partial charge in [-0.2, -0.15) is 0 Å². The maximum Gasteiger partial charge on any atom is 0.258 e. The van der Waals surface area contributed by atoms with Crippen LogP contribution >= 0.6 is 23.2 Å². The number of hydrogen-bond donors (Lipinski definition) is 1. The molecule has 0 bridgehead atoms. The summed E-state index contributed by atoms with van der Waals surface area (Å²) in [7, 11) is 4.20. The van der Waals surface area contributed by atoms with Gasteiger partial charge in [-0.05, 0) is 63.3 Å². The summed E-state index contributed by atoms with van der Waals surface area (Å²) in [4.78, 5) is 21.6. The molecule has 1 aliphatic rings. The van der Waals surface area contributed by atoms with Gasteiger partial charge in [-0.1, -0.05) is 29.3 Å². The number of nitrogens with zero attached hydrogens (tertiary/aromatic N) is 3. The van der Waals surface area contributed by atoms with E-state index < -0.39 is 0 Å². The highest BCUT2D eigenvalue weighted by Crippen LogP contribution is 2.24. The standard InChI is InChI=1S/C19H22Cl2N4O/c1-24-10-8-14(9-11-24)25(2)18-5-3-4-17(22-18)23-19(26)15-7-6-13(20)12-16(15)21/h3-7,12,14H,8-11H2,1-2H3,(H,22,23,26). The van der Waals surface area contributed by atoms with Gasteiger partial charge in [0.25, 0.3) is 5.91 Å². The van der Waals surface area contributed by atoms with E-state index in [1.807, 2.05) is 12.1 Å². The molecule has 1 saturated heterocycles. The lowest BCUT2D eigenvalue weighted by Gasteiger charge is -2.35. The molecule has 1 aromatic heterocycles. The van der Waals surface area contributed by atoms with E-state index in [1.54, 1.807) is 24.3 Å². The Hall–Kier alpha value is -1.82. The second-order valence-corrected chi connectivity index (χ2v) is 7.45. The molecule has 1 amide bonds. The van der Waals surface area contributed by atoms with Crippen molar-refractivity contribution in [2.45, 2.75) is 18.9 Å². The number of hydrogen-bond acceptors (Lipinski definition) is 4. The number of piperidine rings is 1. The summed E-state index contributed by atoms with van der Waals surface area (Å²) in [5.74, 6) is 1.04. The van der Waals surface area contributed by atoms with Gasteiger partial charge in [0.2, 0.25) is 0 Å². The molecule has 138 valence electrons. The quantitative estimate of drug-likeness (QED) is 0.847. The number of rotatable bonds is 4. The number of nitrogens with one attached hydrogen (secondary N) is 1. The lowest BCUT2D eigenvalue weighted by molar-refractivity contribution is 0.102. The van der Waals surface area contributed by atoms with E-state index in [4.69, 9.17) is 23.2 Å². The van der Waals surface area contributed by atoms with Gasteiger partial charge >= 0.3 is 0 Å². The summed E-state index contributed by atoms with van der Waals surface area (Å²) in [6.45, 7) is 2.17. The predicted octanol–water partition coefficient (Wildman–Crippen LogP) is 4.17. The lowest BCUT2D eigenvalue weighted by Crippen LogP contribution is -2.42. The number of carbonyl (C=O) groups excluding carboxylic acids is 1. The highest BCUT2D eigenvalue weighted by Gasteiger charge is 2.21. The molecule has 2 aromatic rings. The minimum Gasteiger partial charge on any atom is -0.357 e. The fourth-order valence-corrected chi connectivity index (χ4v) is 3.61. The average Bonchev–Trinajstić information content (AvgIpc) is 2.62. The first kappa shape index (κ1) is 19.0. The number of pyridine rings is 1. The maximum absolute atomic E-state index is 12.5. The van der Waals surface area contributed by atoms with Crippen LogP contribution in [0.3, 0.4) is 0 Å². The Morgan fingerprint density at radius 2 is 1.96 bits per heavy atom. The molecule has 2 heterocycles. The van der Waals surface area contributed by atoms with Crippen LogP contribution in [-0.2, 0) is 0 Å². The smallest absolute Gasteiger partial charge is 0.258 e. The minimum absolute atomic E-state index is 0.307. The van der Waals surface area contributed by atoms with Gasteiger partial charge in [-0.15, -0.1) is 0 Å². The number of aromatic nitrogens is 1. The average molecular weight is 393 g/mol. The monoisotopic (exact) mass is 392 g/mol. The number of likely N-dealkylation sites (tertiary alicyclic amines) is 1. The van der Waals surface area contributed by atoms with E-state index in [2.05, 4.69) is 34.2 Å². The molecular weight excluding hydrogens is 371 g/mol. The molecule has 5 nitrogen and oxygen atoms in total. The van der Waals surface area contributed by atoms with Gasteiger partial charge in [0.15, 0.2) is 0 Å². The summed E-state index contributed by atoms with van der Waals surface area (Å²) in [5.41, 5.74) is 0.368. The van der Waals surface area contributed by atoms with Crippen LogP contribution in [0.15, 0.2) is 36.4 Å². The third kappa shape index (κ3) is 4.47. The van der Waals surface area contributed by atoms with E-state index >= 15 is 0 Å². The number of benzene rings is 1. The molecule has 1 N–H and O–H groups in total. The van der Waals surface area contributed by atoms with E-state index in [0.717, 1.165) is 31.7 Å². The normalized spacial score (nSPS) is 15.7. The van der Waals surface area contributed by atoms with Crippen molar-refractivity contribution in [2.24, 2.45) is 0 Å². The van der Waals surface area contributed by atoms with Gasteiger partial charge in [0.1, 0.15) is 11.6 Å². The number of carbonyl (C=O) groups is 1. The van der Waals surface area contributed by atoms with Gasteiger partial charge in [0, 0.05) is 18.1 Å². The molecule has 3 rings (SSSR count). The van der Waals surface area contributed by atoms with Crippen molar-refractivity contribution in [1.82, 2.24) is 9.88 Å². The molecule has 0 spiro atoms. The van der Waals surface area contributed by atoms with Crippen molar-refractivity contribution in [1.29, 1.82) is 0 Å². The Labute approximate surface area is 163 Å². The lowest BCUT2D eigenvalue weighted by atomic mass is 10.0. The Morgan fingerprint density at radius 3 is 2.65 bits per heavy atom. The fourth-order valence-electron chi connectivity index (χ4n) is 3.12. The molecule has 0 saturated carbocycles. The highest BCUT2D eigenvalue weighted by molar-refractivity contribution is 6.37. The summed E-state index contributed by atoms with van der Waals surface area (Å²) in [6, 6.07) is 10.9. The van der Waals surface area contributed by atoms with Gasteiger partial charge in [0.05, 0.1) is 10.6 Å². The molecule has 1 aromatic carbocycles. The summed E-state index contributed by atoms with van der Waals surface area (Å²) in [6.07, 6.45) is 2.21. The molecule has 0 radical (unpaired) electrons. The summed E-state index contributed by atoms with van der Waals surface area (Å²) >= 11 is 12.0. The molecule has 0 atom stereocenters. The Kier molecular flexibility index (Phi) is 6.01. The number of halogens is 2. The third-order valence-electron chi connectivity index (χ3n) is 4.75. The van der Waals surface area contributed by atoms with E-state index in [1.165, 1.54) is 0 Å². The molecule has 26 heavy (non-hydrogen) atoms. The van der Waals surface area contributed by atoms with Crippen molar-refractivity contribution in [3.05, 3.63) is 52.0 Å². The zero-order valence-corrected chi connectivity index (χ0v) is 16.4. The fraction of sp³-hybridized carbons (Fsp3) is 0.368. The number of anilines is 2. The summed E-state index contributed by atoms with van der Waals surface area (Å²) < 4.78 is 0. The molecule has 0 aliphatic carbocycles. The van der Waals surface area contributed by atoms with Crippen LogP contribution in [0, 0.1) is 0 Å². The first-order valence-electron chi connectivity index (χ1n) is 8.59. The molecular formula is C19H22Cl2N4O. The van der Waals surface area contributed by atoms with Crippen LogP contribution in [0.4, 0.5) is 11.6 Å². The Morgan fingerprint density at radius 1 is 1.23 bits per heavy atom. The zero-order chi connectivity index (χ0) is 18.7. The Balaban J connectivity index is 1.71. The van der Waals surface area contributed by atoms with E-state index in [9.17, 15) is 4.79 Å². The van der Waals surface area contributed by atoms with Crippen molar-refractivity contribution >= 4 is 40.7 Å². The highest BCUT2D eigenvalue weighted by atomic mass is 35.5. The maximum atomic E-state index is 12.5. The van der Waals surface area contributed by atoms with Crippen LogP contribution in [-0.4, -0.2) is 49.0 Å². The first-order chi connectivity index (χ1) is 12.4. The number of amides is 1. The van der Waals surface area contributed by atoms with Gasteiger partial charge < -0.3 is 15.1 Å². The predicted molar refractivity (Wildman–Crippen MR) is 108 cm³/mol. The van der Waals surface area contributed by atoms with Crippen LogP contribution in [0.5, 0.6) is 0 Å². The third-order valence-corrected chi connectivity index (χ3v) is 5.30. The Bertz CT molecular complexity index is 791. The largest absolute Gasteiger partial charge is 0.357 e. The van der Waals surface area contributed by atoms with Crippen molar-refractivity contribution < 1.29 is 4.79 Å². The second kappa shape index (κ2) is 8.25. The van der Waals surface area contributed by atoms with Gasteiger partial charge in [-0.25, -0.2) is 4.98 Å². The van der Waals surface area contributed by atoms with Crippen molar-refractivity contribution in [3.63, 3.8) is 0 Å². The first-order valence-corrected chi connectivity index (χ1v) is 9.34. The topological polar surface area (TPSA) is 48.5 Å². The van der Waals surface area contributed by atoms with Crippen LogP contribution in [0.25, 0.3) is 0 Å².